The van der Waals surface area contributed by atoms with E-state index in [9.17, 15) is 9.90 Å². The van der Waals surface area contributed by atoms with Crippen LogP contribution in [0.1, 0.15) is 59.4 Å². The van der Waals surface area contributed by atoms with Crippen molar-refractivity contribution in [2.75, 3.05) is 12.8 Å². The van der Waals surface area contributed by atoms with Crippen LogP contribution in [0.3, 0.4) is 0 Å². The minimum atomic E-state index is -0.993. The summed E-state index contributed by atoms with van der Waals surface area (Å²) in [5.41, 5.74) is 13.3. The van der Waals surface area contributed by atoms with Crippen molar-refractivity contribution in [1.29, 1.82) is 0 Å². The molecule has 0 bridgehead atoms. The first-order valence-corrected chi connectivity index (χ1v) is 10.9. The van der Waals surface area contributed by atoms with E-state index in [1.807, 2.05) is 6.07 Å². The standard InChI is InChI=1S/C24H28FN5O3/c1-33-19-9-5-4-8-17(19)24(32)28-13-14-10-11-16(18(25)12-14)21-20(23(27)31)22(26)30(29-21)15-6-2-3-7-15/h4-5,8-12,15,24,28,32H,2-3,6-7,13,26H2,1H3,(H2,27,31). The lowest BCUT2D eigenvalue weighted by atomic mass is 10.0. The van der Waals surface area contributed by atoms with Gasteiger partial charge in [0.2, 0.25) is 0 Å². The number of hydrogen-bond donors (Lipinski definition) is 4. The van der Waals surface area contributed by atoms with E-state index >= 15 is 4.39 Å². The van der Waals surface area contributed by atoms with Gasteiger partial charge in [-0.3, -0.25) is 10.1 Å². The van der Waals surface area contributed by atoms with Crippen LogP contribution in [0.5, 0.6) is 5.75 Å². The molecule has 8 nitrogen and oxygen atoms in total. The fraction of sp³-hybridized carbons (Fsp3) is 0.333. The lowest BCUT2D eigenvalue weighted by Crippen LogP contribution is -2.21. The van der Waals surface area contributed by atoms with Gasteiger partial charge >= 0.3 is 0 Å². The average molecular weight is 454 g/mol. The van der Waals surface area contributed by atoms with Crippen LogP contribution in [0.25, 0.3) is 11.3 Å². The monoisotopic (exact) mass is 453 g/mol. The Morgan fingerprint density at radius 2 is 2.03 bits per heavy atom. The van der Waals surface area contributed by atoms with Gasteiger partial charge in [0.15, 0.2) is 0 Å². The molecule has 1 atom stereocenters. The highest BCUT2D eigenvalue weighted by Crippen LogP contribution is 2.36. The summed E-state index contributed by atoms with van der Waals surface area (Å²) in [4.78, 5) is 12.1. The van der Waals surface area contributed by atoms with E-state index in [1.165, 1.54) is 13.2 Å². The lowest BCUT2D eigenvalue weighted by Gasteiger charge is -2.16. The Kier molecular flexibility index (Phi) is 6.62. The molecule has 1 saturated carbocycles. The largest absolute Gasteiger partial charge is 0.496 e. The van der Waals surface area contributed by atoms with Crippen molar-refractivity contribution in [2.24, 2.45) is 5.73 Å². The number of nitrogen functional groups attached to an aromatic ring is 1. The molecule has 1 aliphatic rings. The zero-order valence-electron chi connectivity index (χ0n) is 18.4. The van der Waals surface area contributed by atoms with Crippen LogP contribution in [-0.2, 0) is 6.54 Å². The number of primary amides is 1. The van der Waals surface area contributed by atoms with E-state index in [-0.39, 0.29) is 35.2 Å². The number of aliphatic hydroxyl groups excluding tert-OH is 1. The zero-order valence-corrected chi connectivity index (χ0v) is 18.4. The Morgan fingerprint density at radius 1 is 1.30 bits per heavy atom. The Labute approximate surface area is 191 Å². The highest BCUT2D eigenvalue weighted by Gasteiger charge is 2.28. The van der Waals surface area contributed by atoms with E-state index in [0.29, 0.717) is 16.9 Å². The van der Waals surface area contributed by atoms with E-state index in [2.05, 4.69) is 10.4 Å². The topological polar surface area (TPSA) is 128 Å². The van der Waals surface area contributed by atoms with Crippen molar-refractivity contribution in [2.45, 2.75) is 44.5 Å². The Hall–Kier alpha value is -3.43. The molecule has 1 aromatic heterocycles. The number of aliphatic hydroxyl groups is 1. The van der Waals surface area contributed by atoms with Gasteiger partial charge in [-0.05, 0) is 36.6 Å². The summed E-state index contributed by atoms with van der Waals surface area (Å²) in [7, 11) is 1.53. The molecule has 0 aliphatic heterocycles. The predicted molar refractivity (Wildman–Crippen MR) is 123 cm³/mol. The predicted octanol–water partition coefficient (Wildman–Crippen LogP) is 3.27. The number of nitrogens with one attached hydrogen (secondary N) is 1. The van der Waals surface area contributed by atoms with Crippen molar-refractivity contribution in [1.82, 2.24) is 15.1 Å². The average Bonchev–Trinajstić information content (AvgIpc) is 3.45. The van der Waals surface area contributed by atoms with Crippen molar-refractivity contribution in [3.63, 3.8) is 0 Å². The third-order valence-corrected chi connectivity index (χ3v) is 6.09. The Morgan fingerprint density at radius 3 is 2.70 bits per heavy atom. The molecule has 4 rings (SSSR count). The number of ether oxygens (including phenoxy) is 1. The molecule has 1 fully saturated rings. The van der Waals surface area contributed by atoms with Gasteiger partial charge in [0.1, 0.15) is 34.9 Å². The van der Waals surface area contributed by atoms with Crippen LogP contribution < -0.4 is 21.5 Å². The van der Waals surface area contributed by atoms with Crippen molar-refractivity contribution >= 4 is 11.7 Å². The number of carbonyl (C=O) groups is 1. The smallest absolute Gasteiger partial charge is 0.254 e. The number of para-hydroxylation sites is 1. The number of halogens is 1. The molecule has 3 aromatic rings. The number of aromatic nitrogens is 2. The second-order valence-corrected chi connectivity index (χ2v) is 8.20. The first-order chi connectivity index (χ1) is 15.9. The number of nitrogens with two attached hydrogens (primary N) is 2. The molecule has 0 radical (unpaired) electrons. The minimum Gasteiger partial charge on any atom is -0.496 e. The summed E-state index contributed by atoms with van der Waals surface area (Å²) in [6.07, 6.45) is 2.94. The van der Waals surface area contributed by atoms with E-state index in [4.69, 9.17) is 16.2 Å². The minimum absolute atomic E-state index is 0.0401. The second-order valence-electron chi connectivity index (χ2n) is 8.20. The summed E-state index contributed by atoms with van der Waals surface area (Å²) in [5, 5.41) is 17.9. The summed E-state index contributed by atoms with van der Waals surface area (Å²) in [6.45, 7) is 0.206. The molecule has 0 saturated heterocycles. The maximum absolute atomic E-state index is 15.1. The van der Waals surface area contributed by atoms with Crippen LogP contribution in [0.2, 0.25) is 0 Å². The molecule has 2 aromatic carbocycles. The molecular formula is C24H28FN5O3. The van der Waals surface area contributed by atoms with Gasteiger partial charge in [0.05, 0.1) is 13.2 Å². The molecule has 1 heterocycles. The second kappa shape index (κ2) is 9.60. The van der Waals surface area contributed by atoms with Gasteiger partial charge in [-0.25, -0.2) is 9.07 Å². The molecule has 174 valence electrons. The van der Waals surface area contributed by atoms with Gasteiger partial charge in [0, 0.05) is 17.7 Å². The van der Waals surface area contributed by atoms with E-state index in [0.717, 1.165) is 25.7 Å². The number of anilines is 1. The fourth-order valence-corrected chi connectivity index (χ4v) is 4.38. The van der Waals surface area contributed by atoms with Gasteiger partial charge in [-0.15, -0.1) is 0 Å². The highest BCUT2D eigenvalue weighted by molar-refractivity contribution is 6.03. The van der Waals surface area contributed by atoms with Crippen molar-refractivity contribution in [3.05, 3.63) is 65.0 Å². The van der Waals surface area contributed by atoms with Gasteiger partial charge < -0.3 is 21.3 Å². The lowest BCUT2D eigenvalue weighted by molar-refractivity contribution is 0.100. The molecular weight excluding hydrogens is 425 g/mol. The number of hydrogen-bond acceptors (Lipinski definition) is 6. The molecule has 0 spiro atoms. The van der Waals surface area contributed by atoms with Crippen LogP contribution in [-0.4, -0.2) is 27.9 Å². The maximum atomic E-state index is 15.1. The van der Waals surface area contributed by atoms with Gasteiger partial charge in [0.25, 0.3) is 5.91 Å². The SMILES string of the molecule is COc1ccccc1C(O)NCc1ccc(-c2nn(C3CCCC3)c(N)c2C(N)=O)c(F)c1. The summed E-state index contributed by atoms with van der Waals surface area (Å²) >= 11 is 0. The van der Waals surface area contributed by atoms with Crippen molar-refractivity contribution < 1.29 is 19.0 Å². The van der Waals surface area contributed by atoms with Crippen LogP contribution >= 0.6 is 0 Å². The number of nitrogens with zero attached hydrogens (tertiary/aromatic N) is 2. The van der Waals surface area contributed by atoms with Crippen LogP contribution in [0.15, 0.2) is 42.5 Å². The molecule has 1 aliphatic carbocycles. The fourth-order valence-electron chi connectivity index (χ4n) is 4.38. The molecule has 1 amide bonds. The first-order valence-electron chi connectivity index (χ1n) is 10.9. The third kappa shape index (κ3) is 4.55. The van der Waals surface area contributed by atoms with Gasteiger partial charge in [-0.2, -0.15) is 5.10 Å². The normalized spacial score (nSPS) is 15.0. The third-order valence-electron chi connectivity index (χ3n) is 6.09. The molecule has 1 unspecified atom stereocenters. The zero-order chi connectivity index (χ0) is 23.5. The Balaban J connectivity index is 1.57. The maximum Gasteiger partial charge on any atom is 0.254 e. The highest BCUT2D eigenvalue weighted by atomic mass is 19.1. The molecule has 33 heavy (non-hydrogen) atoms. The number of amides is 1. The van der Waals surface area contributed by atoms with E-state index in [1.54, 1.807) is 35.0 Å². The number of methoxy groups -OCH3 is 1. The first kappa shape index (κ1) is 22.8. The number of rotatable bonds is 8. The summed E-state index contributed by atoms with van der Waals surface area (Å²) < 4.78 is 22.0. The van der Waals surface area contributed by atoms with Crippen LogP contribution in [0.4, 0.5) is 10.2 Å². The Bertz CT molecular complexity index is 1160. The molecule has 9 heteroatoms. The summed E-state index contributed by atoms with van der Waals surface area (Å²) in [6, 6.07) is 11.8. The van der Waals surface area contributed by atoms with Crippen LogP contribution in [0, 0.1) is 5.82 Å². The number of carbonyl (C=O) groups excluding carboxylic acids is 1. The summed E-state index contributed by atoms with van der Waals surface area (Å²) in [5.74, 6) is -0.570. The number of benzene rings is 2. The quantitative estimate of drug-likeness (QED) is 0.388. The van der Waals surface area contributed by atoms with E-state index < -0.39 is 18.0 Å². The molecule has 6 N–H and O–H groups in total. The van der Waals surface area contributed by atoms with Gasteiger partial charge in [-0.1, -0.05) is 37.1 Å². The van der Waals surface area contributed by atoms with Crippen molar-refractivity contribution in [3.8, 4) is 17.0 Å².